The zero-order valence-corrected chi connectivity index (χ0v) is 10.9. The first-order valence-corrected chi connectivity index (χ1v) is 5.91. The van der Waals surface area contributed by atoms with Gasteiger partial charge in [-0.15, -0.1) is 0 Å². The first-order valence-electron chi connectivity index (χ1n) is 5.12. The SMILES string of the molecule is CCCC(OC)C(=O)c1cc(Br)ccc1F. The molecule has 1 rings (SSSR count). The molecule has 1 unspecified atom stereocenters. The van der Waals surface area contributed by atoms with Gasteiger partial charge in [-0.3, -0.25) is 4.79 Å². The van der Waals surface area contributed by atoms with Crippen molar-refractivity contribution in [3.63, 3.8) is 0 Å². The van der Waals surface area contributed by atoms with Gasteiger partial charge in [0.1, 0.15) is 11.9 Å². The Kier molecular flexibility index (Phi) is 5.09. The van der Waals surface area contributed by atoms with Crippen LogP contribution in [0.4, 0.5) is 4.39 Å². The number of Topliss-reactive ketones (excluding diaryl/α,β-unsaturated/α-hetero) is 1. The lowest BCUT2D eigenvalue weighted by Crippen LogP contribution is -2.23. The van der Waals surface area contributed by atoms with E-state index in [2.05, 4.69) is 15.9 Å². The Bertz CT molecular complexity index is 379. The molecule has 0 aliphatic carbocycles. The van der Waals surface area contributed by atoms with Crippen LogP contribution in [0.3, 0.4) is 0 Å². The summed E-state index contributed by atoms with van der Waals surface area (Å²) in [5.74, 6) is -0.811. The number of benzene rings is 1. The fraction of sp³-hybridized carbons (Fsp3) is 0.417. The van der Waals surface area contributed by atoms with Crippen LogP contribution in [0.15, 0.2) is 22.7 Å². The maximum Gasteiger partial charge on any atom is 0.194 e. The second-order valence-electron chi connectivity index (χ2n) is 3.50. The molecular formula is C12H14BrFO2. The second-order valence-corrected chi connectivity index (χ2v) is 4.42. The Hall–Kier alpha value is -0.740. The molecule has 2 nitrogen and oxygen atoms in total. The minimum Gasteiger partial charge on any atom is -0.373 e. The van der Waals surface area contributed by atoms with Gasteiger partial charge in [-0.2, -0.15) is 0 Å². The molecule has 0 saturated heterocycles. The number of ether oxygens (including phenoxy) is 1. The molecule has 4 heteroatoms. The largest absolute Gasteiger partial charge is 0.373 e. The Labute approximate surface area is 103 Å². The fourth-order valence-electron chi connectivity index (χ4n) is 1.48. The van der Waals surface area contributed by atoms with Gasteiger partial charge in [0.05, 0.1) is 5.56 Å². The van der Waals surface area contributed by atoms with E-state index in [9.17, 15) is 9.18 Å². The summed E-state index contributed by atoms with van der Waals surface area (Å²) in [4.78, 5) is 12.0. The van der Waals surface area contributed by atoms with E-state index >= 15 is 0 Å². The van der Waals surface area contributed by atoms with Crippen molar-refractivity contribution in [3.05, 3.63) is 34.1 Å². The number of carbonyl (C=O) groups is 1. The normalized spacial score (nSPS) is 12.5. The monoisotopic (exact) mass is 288 g/mol. The van der Waals surface area contributed by atoms with Gasteiger partial charge in [-0.1, -0.05) is 29.3 Å². The molecular weight excluding hydrogens is 275 g/mol. The van der Waals surface area contributed by atoms with Gasteiger partial charge in [0.25, 0.3) is 0 Å². The van der Waals surface area contributed by atoms with E-state index in [1.807, 2.05) is 6.92 Å². The first-order chi connectivity index (χ1) is 7.60. The van der Waals surface area contributed by atoms with E-state index in [-0.39, 0.29) is 11.3 Å². The third-order valence-corrected chi connectivity index (χ3v) is 2.81. The quantitative estimate of drug-likeness (QED) is 0.774. The third kappa shape index (κ3) is 3.12. The molecule has 0 aromatic heterocycles. The highest BCUT2D eigenvalue weighted by Crippen LogP contribution is 2.19. The highest BCUT2D eigenvalue weighted by molar-refractivity contribution is 9.10. The van der Waals surface area contributed by atoms with E-state index in [4.69, 9.17) is 4.74 Å². The molecule has 0 N–H and O–H groups in total. The topological polar surface area (TPSA) is 26.3 Å². The smallest absolute Gasteiger partial charge is 0.194 e. The molecule has 88 valence electrons. The minimum atomic E-state index is -0.561. The van der Waals surface area contributed by atoms with Gasteiger partial charge in [-0.25, -0.2) is 4.39 Å². The van der Waals surface area contributed by atoms with Crippen LogP contribution in [0.5, 0.6) is 0 Å². The van der Waals surface area contributed by atoms with E-state index in [0.29, 0.717) is 10.9 Å². The lowest BCUT2D eigenvalue weighted by atomic mass is 10.0. The van der Waals surface area contributed by atoms with E-state index < -0.39 is 11.9 Å². The molecule has 0 amide bonds. The van der Waals surface area contributed by atoms with Crippen molar-refractivity contribution in [1.29, 1.82) is 0 Å². The van der Waals surface area contributed by atoms with Crippen LogP contribution in [0, 0.1) is 5.82 Å². The van der Waals surface area contributed by atoms with Crippen molar-refractivity contribution in [2.45, 2.75) is 25.9 Å². The Morgan fingerprint density at radius 3 is 2.81 bits per heavy atom. The van der Waals surface area contributed by atoms with E-state index in [1.165, 1.54) is 19.2 Å². The van der Waals surface area contributed by atoms with Gasteiger partial charge in [-0.05, 0) is 24.6 Å². The highest BCUT2D eigenvalue weighted by Gasteiger charge is 2.21. The van der Waals surface area contributed by atoms with Gasteiger partial charge >= 0.3 is 0 Å². The first kappa shape index (κ1) is 13.3. The van der Waals surface area contributed by atoms with Crippen LogP contribution in [-0.2, 0) is 4.74 Å². The number of hydrogen-bond acceptors (Lipinski definition) is 2. The van der Waals surface area contributed by atoms with Crippen molar-refractivity contribution in [1.82, 2.24) is 0 Å². The van der Waals surface area contributed by atoms with Crippen LogP contribution in [-0.4, -0.2) is 19.0 Å². The van der Waals surface area contributed by atoms with Crippen molar-refractivity contribution < 1.29 is 13.9 Å². The lowest BCUT2D eigenvalue weighted by Gasteiger charge is -2.13. The number of carbonyl (C=O) groups excluding carboxylic acids is 1. The van der Waals surface area contributed by atoms with E-state index in [0.717, 1.165) is 6.42 Å². The molecule has 0 heterocycles. The maximum absolute atomic E-state index is 13.5. The van der Waals surface area contributed by atoms with Gasteiger partial charge in [0.2, 0.25) is 0 Å². The molecule has 0 aliphatic rings. The molecule has 16 heavy (non-hydrogen) atoms. The number of halogens is 2. The summed E-state index contributed by atoms with van der Waals surface area (Å²) in [6, 6.07) is 4.32. The minimum absolute atomic E-state index is 0.0784. The predicted octanol–water partition coefficient (Wildman–Crippen LogP) is 3.59. The van der Waals surface area contributed by atoms with Crippen molar-refractivity contribution >= 4 is 21.7 Å². The summed E-state index contributed by atoms with van der Waals surface area (Å²) >= 11 is 3.21. The molecule has 0 radical (unpaired) electrons. The van der Waals surface area contributed by atoms with Crippen molar-refractivity contribution in [2.75, 3.05) is 7.11 Å². The standard InChI is InChI=1S/C12H14BrFO2/c1-3-4-11(16-2)12(15)9-7-8(13)5-6-10(9)14/h5-7,11H,3-4H2,1-2H3. The van der Waals surface area contributed by atoms with Gasteiger partial charge < -0.3 is 4.74 Å². The van der Waals surface area contributed by atoms with Crippen LogP contribution >= 0.6 is 15.9 Å². The third-order valence-electron chi connectivity index (χ3n) is 2.32. The zero-order chi connectivity index (χ0) is 12.1. The van der Waals surface area contributed by atoms with Crippen molar-refractivity contribution in [3.8, 4) is 0 Å². The molecule has 1 atom stereocenters. The van der Waals surface area contributed by atoms with Crippen LogP contribution in [0.2, 0.25) is 0 Å². The molecule has 0 aliphatic heterocycles. The van der Waals surface area contributed by atoms with Crippen molar-refractivity contribution in [2.24, 2.45) is 0 Å². The van der Waals surface area contributed by atoms with E-state index in [1.54, 1.807) is 6.07 Å². The molecule has 0 fully saturated rings. The average molecular weight is 289 g/mol. The summed E-state index contributed by atoms with van der Waals surface area (Å²) < 4.78 is 19.2. The second kappa shape index (κ2) is 6.11. The average Bonchev–Trinajstić information content (AvgIpc) is 2.28. The summed E-state index contributed by atoms with van der Waals surface area (Å²) in [5, 5.41) is 0. The predicted molar refractivity (Wildman–Crippen MR) is 64.1 cm³/mol. The molecule has 0 bridgehead atoms. The van der Waals surface area contributed by atoms with Gasteiger partial charge in [0, 0.05) is 11.6 Å². The van der Waals surface area contributed by atoms with Crippen LogP contribution < -0.4 is 0 Å². The van der Waals surface area contributed by atoms with Crippen LogP contribution in [0.1, 0.15) is 30.1 Å². The number of ketones is 1. The lowest BCUT2D eigenvalue weighted by molar-refractivity contribution is 0.0574. The highest BCUT2D eigenvalue weighted by atomic mass is 79.9. The molecule has 0 spiro atoms. The summed E-state index contributed by atoms with van der Waals surface area (Å²) in [7, 11) is 1.47. The fourth-order valence-corrected chi connectivity index (χ4v) is 1.84. The number of methoxy groups -OCH3 is 1. The van der Waals surface area contributed by atoms with Gasteiger partial charge in [0.15, 0.2) is 5.78 Å². The Balaban J connectivity index is 2.98. The maximum atomic E-state index is 13.5. The summed E-state index contributed by atoms with van der Waals surface area (Å²) in [6.45, 7) is 1.95. The number of hydrogen-bond donors (Lipinski definition) is 0. The van der Waals surface area contributed by atoms with Crippen LogP contribution in [0.25, 0.3) is 0 Å². The Morgan fingerprint density at radius 1 is 1.56 bits per heavy atom. The summed E-state index contributed by atoms with van der Waals surface area (Å²) in [5.41, 5.74) is 0.0784. The molecule has 1 aromatic carbocycles. The molecule has 1 aromatic rings. The Morgan fingerprint density at radius 2 is 2.25 bits per heavy atom. The number of rotatable bonds is 5. The summed E-state index contributed by atoms with van der Waals surface area (Å²) in [6.07, 6.45) is 0.857. The molecule has 0 saturated carbocycles. The zero-order valence-electron chi connectivity index (χ0n) is 9.30.